The average Bonchev–Trinajstić information content (AvgIpc) is 2.43. The maximum Gasteiger partial charge on any atom is 0.241 e. The number of hydrogen-bond acceptors (Lipinski definition) is 5. The predicted molar refractivity (Wildman–Crippen MR) is 77.4 cm³/mol. The van der Waals surface area contributed by atoms with Crippen LogP contribution in [0.2, 0.25) is 0 Å². The Morgan fingerprint density at radius 2 is 2.11 bits per heavy atom. The third kappa shape index (κ3) is 4.73. The van der Waals surface area contributed by atoms with Gasteiger partial charge in [-0.1, -0.05) is 6.92 Å². The summed E-state index contributed by atoms with van der Waals surface area (Å²) in [5.41, 5.74) is 0.925. The molecule has 0 aliphatic carbocycles. The molecule has 0 aliphatic rings. The molecule has 6 heteroatoms. The fourth-order valence-electron chi connectivity index (χ4n) is 1.41. The lowest BCUT2D eigenvalue weighted by Crippen LogP contribution is -2.32. The van der Waals surface area contributed by atoms with Gasteiger partial charge in [-0.2, -0.15) is 4.98 Å². The Morgan fingerprint density at radius 3 is 2.74 bits per heavy atom. The molecular weight excluding hydrogens is 242 g/mol. The lowest BCUT2D eigenvalue weighted by molar-refractivity contribution is -0.127. The molecule has 0 aliphatic heterocycles. The van der Waals surface area contributed by atoms with Gasteiger partial charge in [0.25, 0.3) is 0 Å². The first kappa shape index (κ1) is 15.2. The molecule has 0 fully saturated rings. The number of aryl methyl sites for hydroxylation is 1. The summed E-state index contributed by atoms with van der Waals surface area (Å²) in [4.78, 5) is 21.9. The molecule has 1 rings (SSSR count). The van der Waals surface area contributed by atoms with Crippen LogP contribution in [0.25, 0.3) is 0 Å². The fraction of sp³-hybridized carbons (Fsp3) is 0.615. The van der Waals surface area contributed by atoms with Crippen molar-refractivity contribution in [1.82, 2.24) is 14.9 Å². The Balaban J connectivity index is 2.64. The molecule has 0 aromatic carbocycles. The van der Waals surface area contributed by atoms with Gasteiger partial charge < -0.3 is 15.5 Å². The monoisotopic (exact) mass is 265 g/mol. The van der Waals surface area contributed by atoms with E-state index in [1.807, 2.05) is 13.8 Å². The first-order chi connectivity index (χ1) is 9.08. The van der Waals surface area contributed by atoms with Crippen molar-refractivity contribution in [3.63, 3.8) is 0 Å². The molecule has 1 amide bonds. The second kappa shape index (κ2) is 7.56. The maximum atomic E-state index is 11.7. The quantitative estimate of drug-likeness (QED) is 0.782. The van der Waals surface area contributed by atoms with E-state index < -0.39 is 0 Å². The van der Waals surface area contributed by atoms with Gasteiger partial charge in [0.2, 0.25) is 11.9 Å². The van der Waals surface area contributed by atoms with Crippen molar-refractivity contribution in [2.45, 2.75) is 27.2 Å². The first-order valence-corrected chi connectivity index (χ1v) is 6.63. The normalized spacial score (nSPS) is 10.1. The van der Waals surface area contributed by atoms with E-state index in [4.69, 9.17) is 0 Å². The van der Waals surface area contributed by atoms with Gasteiger partial charge in [-0.15, -0.1) is 0 Å². The Bertz CT molecular complexity index is 421. The number of carbonyl (C=O) groups is 1. The Morgan fingerprint density at radius 1 is 1.37 bits per heavy atom. The summed E-state index contributed by atoms with van der Waals surface area (Å²) in [7, 11) is 1.78. The van der Waals surface area contributed by atoms with Crippen LogP contribution in [-0.4, -0.2) is 47.5 Å². The van der Waals surface area contributed by atoms with Crippen LogP contribution in [0.15, 0.2) is 6.20 Å². The number of nitrogens with zero attached hydrogens (tertiary/aromatic N) is 3. The summed E-state index contributed by atoms with van der Waals surface area (Å²) in [6, 6.07) is 0. The number of aromatic nitrogens is 2. The van der Waals surface area contributed by atoms with Crippen LogP contribution >= 0.6 is 0 Å². The van der Waals surface area contributed by atoms with Gasteiger partial charge in [-0.05, 0) is 20.3 Å². The van der Waals surface area contributed by atoms with E-state index in [0.29, 0.717) is 18.3 Å². The molecule has 1 aromatic heterocycles. The van der Waals surface area contributed by atoms with Crippen LogP contribution in [0.1, 0.15) is 25.8 Å². The molecule has 0 atom stereocenters. The minimum Gasteiger partial charge on any atom is -0.361 e. The molecule has 0 radical (unpaired) electrons. The van der Waals surface area contributed by atoms with Gasteiger partial charge in [0.15, 0.2) is 0 Å². The average molecular weight is 265 g/mol. The standard InChI is InChI=1S/C13H23N5O/c1-5-7-14-13-16-8-10(3)12(17-13)15-9-11(19)18(4)6-2/h8H,5-7,9H2,1-4H3,(H2,14,15,16,17). The van der Waals surface area contributed by atoms with Crippen molar-refractivity contribution < 1.29 is 4.79 Å². The highest BCUT2D eigenvalue weighted by Crippen LogP contribution is 2.12. The molecule has 0 bridgehead atoms. The number of likely N-dealkylation sites (N-methyl/N-ethyl adjacent to an activating group) is 1. The van der Waals surface area contributed by atoms with E-state index in [2.05, 4.69) is 27.5 Å². The third-order valence-corrected chi connectivity index (χ3v) is 2.81. The van der Waals surface area contributed by atoms with E-state index in [1.54, 1.807) is 18.1 Å². The zero-order chi connectivity index (χ0) is 14.3. The van der Waals surface area contributed by atoms with Gasteiger partial charge in [0.05, 0.1) is 6.54 Å². The van der Waals surface area contributed by atoms with E-state index in [0.717, 1.165) is 18.5 Å². The molecular formula is C13H23N5O. The van der Waals surface area contributed by atoms with Crippen molar-refractivity contribution in [2.75, 3.05) is 37.3 Å². The zero-order valence-electron chi connectivity index (χ0n) is 12.2. The molecule has 106 valence electrons. The van der Waals surface area contributed by atoms with E-state index in [9.17, 15) is 4.79 Å². The fourth-order valence-corrected chi connectivity index (χ4v) is 1.41. The predicted octanol–water partition coefficient (Wildman–Crippen LogP) is 1.50. The summed E-state index contributed by atoms with van der Waals surface area (Å²) in [5, 5.41) is 6.19. The Labute approximate surface area is 114 Å². The van der Waals surface area contributed by atoms with Crippen LogP contribution in [0.5, 0.6) is 0 Å². The van der Waals surface area contributed by atoms with Crippen LogP contribution in [0.4, 0.5) is 11.8 Å². The smallest absolute Gasteiger partial charge is 0.241 e. The number of nitrogens with one attached hydrogen (secondary N) is 2. The van der Waals surface area contributed by atoms with E-state index in [-0.39, 0.29) is 12.5 Å². The maximum absolute atomic E-state index is 11.7. The third-order valence-electron chi connectivity index (χ3n) is 2.81. The summed E-state index contributed by atoms with van der Waals surface area (Å²) < 4.78 is 0. The molecule has 2 N–H and O–H groups in total. The van der Waals surface area contributed by atoms with Crippen molar-refractivity contribution in [2.24, 2.45) is 0 Å². The Kier molecular flexibility index (Phi) is 6.05. The van der Waals surface area contributed by atoms with Gasteiger partial charge in [0, 0.05) is 31.9 Å². The van der Waals surface area contributed by atoms with Crippen LogP contribution in [-0.2, 0) is 4.79 Å². The second-order valence-electron chi connectivity index (χ2n) is 4.41. The number of hydrogen-bond donors (Lipinski definition) is 2. The van der Waals surface area contributed by atoms with Crippen molar-refractivity contribution in [3.8, 4) is 0 Å². The molecule has 6 nitrogen and oxygen atoms in total. The van der Waals surface area contributed by atoms with Gasteiger partial charge in [-0.25, -0.2) is 4.98 Å². The van der Waals surface area contributed by atoms with Crippen LogP contribution < -0.4 is 10.6 Å². The molecule has 19 heavy (non-hydrogen) atoms. The van der Waals surface area contributed by atoms with Crippen molar-refractivity contribution in [1.29, 1.82) is 0 Å². The highest BCUT2D eigenvalue weighted by atomic mass is 16.2. The molecule has 1 heterocycles. The highest BCUT2D eigenvalue weighted by molar-refractivity contribution is 5.80. The summed E-state index contributed by atoms with van der Waals surface area (Å²) in [6.07, 6.45) is 2.76. The first-order valence-electron chi connectivity index (χ1n) is 6.63. The second-order valence-corrected chi connectivity index (χ2v) is 4.41. The summed E-state index contributed by atoms with van der Waals surface area (Å²) >= 11 is 0. The van der Waals surface area contributed by atoms with Gasteiger partial charge in [0.1, 0.15) is 5.82 Å². The van der Waals surface area contributed by atoms with E-state index >= 15 is 0 Å². The largest absolute Gasteiger partial charge is 0.361 e. The SMILES string of the molecule is CCCNc1ncc(C)c(NCC(=O)N(C)CC)n1. The zero-order valence-corrected chi connectivity index (χ0v) is 12.2. The molecule has 0 saturated carbocycles. The molecule has 0 saturated heterocycles. The Hall–Kier alpha value is -1.85. The van der Waals surface area contributed by atoms with Crippen LogP contribution in [0, 0.1) is 6.92 Å². The highest BCUT2D eigenvalue weighted by Gasteiger charge is 2.08. The topological polar surface area (TPSA) is 70.2 Å². The van der Waals surface area contributed by atoms with Crippen molar-refractivity contribution >= 4 is 17.7 Å². The van der Waals surface area contributed by atoms with Gasteiger partial charge >= 0.3 is 0 Å². The molecule has 1 aromatic rings. The number of anilines is 2. The minimum atomic E-state index is 0.0450. The van der Waals surface area contributed by atoms with Crippen molar-refractivity contribution in [3.05, 3.63) is 11.8 Å². The van der Waals surface area contributed by atoms with Gasteiger partial charge in [-0.3, -0.25) is 4.79 Å². The molecule has 0 unspecified atom stereocenters. The molecule has 0 spiro atoms. The lowest BCUT2D eigenvalue weighted by atomic mass is 10.3. The van der Waals surface area contributed by atoms with Crippen LogP contribution in [0.3, 0.4) is 0 Å². The summed E-state index contributed by atoms with van der Waals surface area (Å²) in [6.45, 7) is 7.72. The minimum absolute atomic E-state index is 0.0450. The number of rotatable bonds is 7. The number of amides is 1. The number of carbonyl (C=O) groups excluding carboxylic acids is 1. The van der Waals surface area contributed by atoms with E-state index in [1.165, 1.54) is 0 Å². The summed E-state index contributed by atoms with van der Waals surface area (Å²) in [5.74, 6) is 1.33. The lowest BCUT2D eigenvalue weighted by Gasteiger charge is -2.16.